The smallest absolute Gasteiger partial charge is 0.244 e. The average molecular weight is 322 g/mol. The second-order valence-electron chi connectivity index (χ2n) is 4.19. The molecular weight excluding hydrogens is 306 g/mol. The highest BCUT2D eigenvalue weighted by Crippen LogP contribution is 2.21. The van der Waals surface area contributed by atoms with Crippen LogP contribution in [-0.4, -0.2) is 19.4 Å². The minimum atomic E-state index is -3.63. The van der Waals surface area contributed by atoms with Gasteiger partial charge in [-0.3, -0.25) is 0 Å². The monoisotopic (exact) mass is 321 g/mol. The normalized spacial score (nSPS) is 13.9. The van der Waals surface area contributed by atoms with Gasteiger partial charge >= 0.3 is 0 Å². The SMILES string of the molecule is CC(C)C(C)NS(=O)(=O)c1cc(Br)cnc1N. The lowest BCUT2D eigenvalue weighted by Gasteiger charge is -2.18. The fraction of sp³-hybridized carbons (Fsp3) is 0.500. The van der Waals surface area contributed by atoms with Gasteiger partial charge in [0.1, 0.15) is 10.7 Å². The van der Waals surface area contributed by atoms with Crippen molar-refractivity contribution in [3.8, 4) is 0 Å². The fourth-order valence-corrected chi connectivity index (χ4v) is 3.07. The fourth-order valence-electron chi connectivity index (χ4n) is 1.09. The number of anilines is 1. The lowest BCUT2D eigenvalue weighted by molar-refractivity contribution is 0.476. The van der Waals surface area contributed by atoms with Gasteiger partial charge in [-0.25, -0.2) is 18.1 Å². The molecule has 0 saturated carbocycles. The van der Waals surface area contributed by atoms with E-state index < -0.39 is 10.0 Å². The molecule has 17 heavy (non-hydrogen) atoms. The van der Waals surface area contributed by atoms with Gasteiger partial charge in [0.05, 0.1) is 0 Å². The van der Waals surface area contributed by atoms with E-state index in [0.717, 1.165) is 0 Å². The number of halogens is 1. The summed E-state index contributed by atoms with van der Waals surface area (Å²) in [6.07, 6.45) is 1.46. The zero-order chi connectivity index (χ0) is 13.2. The molecule has 7 heteroatoms. The first-order valence-corrected chi connectivity index (χ1v) is 7.45. The molecule has 0 aliphatic carbocycles. The van der Waals surface area contributed by atoms with E-state index in [9.17, 15) is 8.42 Å². The first-order chi connectivity index (χ1) is 7.74. The maximum absolute atomic E-state index is 12.1. The number of nitrogens with zero attached hydrogens (tertiary/aromatic N) is 1. The Kier molecular flexibility index (Phi) is 4.51. The molecule has 96 valence electrons. The van der Waals surface area contributed by atoms with Crippen molar-refractivity contribution in [2.75, 3.05) is 5.73 Å². The van der Waals surface area contributed by atoms with E-state index in [0.29, 0.717) is 4.47 Å². The quantitative estimate of drug-likeness (QED) is 0.884. The average Bonchev–Trinajstić information content (AvgIpc) is 2.20. The Morgan fingerprint density at radius 3 is 2.53 bits per heavy atom. The molecule has 0 aromatic carbocycles. The number of hydrogen-bond acceptors (Lipinski definition) is 4. The van der Waals surface area contributed by atoms with Crippen molar-refractivity contribution < 1.29 is 8.42 Å². The molecule has 0 bridgehead atoms. The van der Waals surface area contributed by atoms with Crippen molar-refractivity contribution in [1.29, 1.82) is 0 Å². The molecule has 1 heterocycles. The van der Waals surface area contributed by atoms with Crippen molar-refractivity contribution >= 4 is 31.8 Å². The molecule has 0 saturated heterocycles. The highest BCUT2D eigenvalue weighted by molar-refractivity contribution is 9.10. The third-order valence-corrected chi connectivity index (χ3v) is 4.50. The van der Waals surface area contributed by atoms with Crippen LogP contribution in [0.2, 0.25) is 0 Å². The highest BCUT2D eigenvalue weighted by atomic mass is 79.9. The molecule has 0 aliphatic heterocycles. The van der Waals surface area contributed by atoms with Gasteiger partial charge in [0.2, 0.25) is 10.0 Å². The van der Waals surface area contributed by atoms with Crippen molar-refractivity contribution in [3.05, 3.63) is 16.7 Å². The number of sulfonamides is 1. The summed E-state index contributed by atoms with van der Waals surface area (Å²) in [4.78, 5) is 3.81. The van der Waals surface area contributed by atoms with Crippen molar-refractivity contribution in [2.24, 2.45) is 5.92 Å². The third kappa shape index (κ3) is 3.65. The lowest BCUT2D eigenvalue weighted by atomic mass is 10.1. The number of aromatic nitrogens is 1. The van der Waals surface area contributed by atoms with Crippen LogP contribution in [0, 0.1) is 5.92 Å². The largest absolute Gasteiger partial charge is 0.383 e. The van der Waals surface area contributed by atoms with Gasteiger partial charge in [-0.2, -0.15) is 0 Å². The van der Waals surface area contributed by atoms with Crippen LogP contribution in [0.5, 0.6) is 0 Å². The van der Waals surface area contributed by atoms with Crippen LogP contribution in [-0.2, 0) is 10.0 Å². The van der Waals surface area contributed by atoms with Crippen molar-refractivity contribution in [3.63, 3.8) is 0 Å². The van der Waals surface area contributed by atoms with Crippen LogP contribution in [0.3, 0.4) is 0 Å². The summed E-state index contributed by atoms with van der Waals surface area (Å²) in [6.45, 7) is 5.69. The van der Waals surface area contributed by atoms with Crippen molar-refractivity contribution in [1.82, 2.24) is 9.71 Å². The van der Waals surface area contributed by atoms with Gasteiger partial charge in [0.15, 0.2) is 0 Å². The van der Waals surface area contributed by atoms with Gasteiger partial charge in [0, 0.05) is 16.7 Å². The number of rotatable bonds is 4. The summed E-state index contributed by atoms with van der Waals surface area (Å²) in [5.74, 6) is 0.197. The van der Waals surface area contributed by atoms with Crippen LogP contribution in [0.25, 0.3) is 0 Å². The second-order valence-corrected chi connectivity index (χ2v) is 6.79. The summed E-state index contributed by atoms with van der Waals surface area (Å²) >= 11 is 3.17. The lowest BCUT2D eigenvalue weighted by Crippen LogP contribution is -2.36. The van der Waals surface area contributed by atoms with Crippen LogP contribution >= 0.6 is 15.9 Å². The highest BCUT2D eigenvalue weighted by Gasteiger charge is 2.22. The van der Waals surface area contributed by atoms with E-state index in [4.69, 9.17) is 5.73 Å². The molecular formula is C10H16BrN3O2S. The van der Waals surface area contributed by atoms with Crippen LogP contribution in [0.15, 0.2) is 21.6 Å². The van der Waals surface area contributed by atoms with E-state index in [1.807, 2.05) is 20.8 Å². The number of nitrogens with one attached hydrogen (secondary N) is 1. The molecule has 3 N–H and O–H groups in total. The summed E-state index contributed by atoms with van der Waals surface area (Å²) in [5.41, 5.74) is 5.58. The van der Waals surface area contributed by atoms with E-state index in [2.05, 4.69) is 25.6 Å². The molecule has 1 rings (SSSR count). The van der Waals surface area contributed by atoms with E-state index in [1.165, 1.54) is 12.3 Å². The standard InChI is InChI=1S/C10H16BrN3O2S/c1-6(2)7(3)14-17(15,16)9-4-8(11)5-13-10(9)12/h4-7,14H,1-3H3,(H2,12,13). The molecule has 0 aliphatic rings. The first kappa shape index (κ1) is 14.4. The number of pyridine rings is 1. The molecule has 5 nitrogen and oxygen atoms in total. The molecule has 0 fully saturated rings. The Balaban J connectivity index is 3.09. The Morgan fingerprint density at radius 1 is 1.41 bits per heavy atom. The second kappa shape index (κ2) is 5.32. The minimum Gasteiger partial charge on any atom is -0.383 e. The maximum Gasteiger partial charge on any atom is 0.244 e. The third-order valence-electron chi connectivity index (χ3n) is 2.48. The van der Waals surface area contributed by atoms with Gasteiger partial charge in [-0.1, -0.05) is 13.8 Å². The zero-order valence-corrected chi connectivity index (χ0v) is 12.3. The van der Waals surface area contributed by atoms with E-state index >= 15 is 0 Å². The molecule has 1 unspecified atom stereocenters. The predicted octanol–water partition coefficient (Wildman–Crippen LogP) is 1.75. The van der Waals surface area contributed by atoms with Gasteiger partial charge in [-0.15, -0.1) is 0 Å². The molecule has 0 spiro atoms. The summed E-state index contributed by atoms with van der Waals surface area (Å²) in [5, 5.41) is 0. The Bertz CT molecular complexity index is 502. The van der Waals surface area contributed by atoms with E-state index in [-0.39, 0.29) is 22.7 Å². The van der Waals surface area contributed by atoms with Crippen LogP contribution < -0.4 is 10.5 Å². The van der Waals surface area contributed by atoms with Crippen LogP contribution in [0.4, 0.5) is 5.82 Å². The van der Waals surface area contributed by atoms with E-state index in [1.54, 1.807) is 0 Å². The topological polar surface area (TPSA) is 85.1 Å². The number of hydrogen-bond donors (Lipinski definition) is 2. The predicted molar refractivity (Wildman–Crippen MR) is 71.0 cm³/mol. The Morgan fingerprint density at radius 2 is 2.00 bits per heavy atom. The molecule has 1 aromatic rings. The van der Waals surface area contributed by atoms with Gasteiger partial charge < -0.3 is 5.73 Å². The number of nitrogen functional groups attached to an aromatic ring is 1. The molecule has 0 amide bonds. The summed E-state index contributed by atoms with van der Waals surface area (Å²) < 4.78 is 27.3. The maximum atomic E-state index is 12.1. The summed E-state index contributed by atoms with van der Waals surface area (Å²) in [6, 6.07) is 1.27. The number of nitrogens with two attached hydrogens (primary N) is 1. The van der Waals surface area contributed by atoms with Crippen LogP contribution in [0.1, 0.15) is 20.8 Å². The van der Waals surface area contributed by atoms with Crippen molar-refractivity contribution in [2.45, 2.75) is 31.7 Å². The first-order valence-electron chi connectivity index (χ1n) is 5.17. The van der Waals surface area contributed by atoms with Gasteiger partial charge in [0.25, 0.3) is 0 Å². The molecule has 1 atom stereocenters. The summed E-state index contributed by atoms with van der Waals surface area (Å²) in [7, 11) is -3.63. The molecule has 0 radical (unpaired) electrons. The van der Waals surface area contributed by atoms with Gasteiger partial charge in [-0.05, 0) is 34.8 Å². The Hall–Kier alpha value is -0.660. The minimum absolute atomic E-state index is 0.000579. The molecule has 1 aromatic heterocycles. The Labute approximate surface area is 110 Å². The zero-order valence-electron chi connectivity index (χ0n) is 9.94.